The van der Waals surface area contributed by atoms with Crippen molar-refractivity contribution in [3.05, 3.63) is 92.5 Å². The van der Waals surface area contributed by atoms with Gasteiger partial charge in [0.2, 0.25) is 5.91 Å². The first-order chi connectivity index (χ1) is 15.2. The molecule has 3 aromatic rings. The molecule has 0 spiro atoms. The third-order valence-corrected chi connectivity index (χ3v) is 6.13. The molecule has 0 aliphatic heterocycles. The van der Waals surface area contributed by atoms with Crippen molar-refractivity contribution in [1.82, 2.24) is 0 Å². The van der Waals surface area contributed by atoms with Crippen molar-refractivity contribution >= 4 is 63.8 Å². The molecule has 1 unspecified atom stereocenters. The minimum Gasteiger partial charge on any atom is -0.325 e. The maximum atomic E-state index is 12.5. The van der Waals surface area contributed by atoms with Crippen molar-refractivity contribution in [2.24, 2.45) is 0 Å². The zero-order valence-corrected chi connectivity index (χ0v) is 19.0. The first kappa shape index (κ1) is 23.6. The molecule has 0 heterocycles. The molecule has 0 saturated heterocycles. The van der Waals surface area contributed by atoms with Crippen molar-refractivity contribution in [3.63, 3.8) is 0 Å². The standard InChI is InChI=1S/C22H17Cl2N3O4S/c1-13(21(28)25-16-7-10-19(23)20(24)12-16)32-18-4-2-3-15(11-18)26-22(29)14-5-8-17(9-6-14)27(30)31/h2-13H,1H3,(H,25,28)(H,26,29). The fourth-order valence-electron chi connectivity index (χ4n) is 2.66. The van der Waals surface area contributed by atoms with E-state index in [9.17, 15) is 19.7 Å². The van der Waals surface area contributed by atoms with Crippen LogP contribution in [-0.4, -0.2) is 22.0 Å². The molecule has 164 valence electrons. The molecule has 3 aromatic carbocycles. The summed E-state index contributed by atoms with van der Waals surface area (Å²) in [4.78, 5) is 35.9. The number of non-ortho nitro benzene ring substituents is 1. The Morgan fingerprint density at radius 1 is 0.938 bits per heavy atom. The summed E-state index contributed by atoms with van der Waals surface area (Å²) in [6, 6.07) is 17.2. The lowest BCUT2D eigenvalue weighted by Crippen LogP contribution is -2.22. The van der Waals surface area contributed by atoms with Crippen LogP contribution in [-0.2, 0) is 4.79 Å². The van der Waals surface area contributed by atoms with Crippen LogP contribution in [0.4, 0.5) is 17.1 Å². The summed E-state index contributed by atoms with van der Waals surface area (Å²) in [6.07, 6.45) is 0. The normalized spacial score (nSPS) is 11.5. The molecule has 0 aliphatic rings. The Kier molecular flexibility index (Phi) is 7.74. The van der Waals surface area contributed by atoms with E-state index in [4.69, 9.17) is 23.2 Å². The van der Waals surface area contributed by atoms with E-state index < -0.39 is 16.1 Å². The largest absolute Gasteiger partial charge is 0.325 e. The number of thioether (sulfide) groups is 1. The second kappa shape index (κ2) is 10.5. The van der Waals surface area contributed by atoms with Crippen molar-refractivity contribution in [2.75, 3.05) is 10.6 Å². The number of rotatable bonds is 7. The van der Waals surface area contributed by atoms with Crippen LogP contribution >= 0.6 is 35.0 Å². The first-order valence-electron chi connectivity index (χ1n) is 9.31. The third kappa shape index (κ3) is 6.23. The van der Waals surface area contributed by atoms with Crippen LogP contribution in [0.5, 0.6) is 0 Å². The highest BCUT2D eigenvalue weighted by Gasteiger charge is 2.16. The fourth-order valence-corrected chi connectivity index (χ4v) is 3.88. The van der Waals surface area contributed by atoms with E-state index in [-0.39, 0.29) is 11.6 Å². The van der Waals surface area contributed by atoms with Crippen LogP contribution in [0.25, 0.3) is 0 Å². The Balaban J connectivity index is 1.62. The van der Waals surface area contributed by atoms with Gasteiger partial charge >= 0.3 is 0 Å². The van der Waals surface area contributed by atoms with Crippen LogP contribution in [0.3, 0.4) is 0 Å². The Morgan fingerprint density at radius 2 is 1.62 bits per heavy atom. The van der Waals surface area contributed by atoms with Gasteiger partial charge in [-0.05, 0) is 55.5 Å². The summed E-state index contributed by atoms with van der Waals surface area (Å²) < 4.78 is 0. The van der Waals surface area contributed by atoms with Gasteiger partial charge in [0, 0.05) is 34.0 Å². The van der Waals surface area contributed by atoms with Crippen LogP contribution in [0.1, 0.15) is 17.3 Å². The second-order valence-electron chi connectivity index (χ2n) is 6.66. The number of anilines is 2. The highest BCUT2D eigenvalue weighted by Crippen LogP contribution is 2.28. The minimum absolute atomic E-state index is 0.0897. The summed E-state index contributed by atoms with van der Waals surface area (Å²) in [5, 5.41) is 16.6. The average molecular weight is 490 g/mol. The Labute approximate surface area is 198 Å². The van der Waals surface area contributed by atoms with Crippen LogP contribution in [0.2, 0.25) is 10.0 Å². The number of carbonyl (C=O) groups excluding carboxylic acids is 2. The van der Waals surface area contributed by atoms with Gasteiger partial charge in [-0.2, -0.15) is 0 Å². The number of benzene rings is 3. The lowest BCUT2D eigenvalue weighted by Gasteiger charge is -2.13. The van der Waals surface area contributed by atoms with Gasteiger partial charge in [-0.15, -0.1) is 11.8 Å². The van der Waals surface area contributed by atoms with Crippen LogP contribution < -0.4 is 10.6 Å². The number of nitro benzene ring substituents is 1. The molecule has 1 atom stereocenters. The van der Waals surface area contributed by atoms with Gasteiger partial charge in [0.1, 0.15) is 0 Å². The smallest absolute Gasteiger partial charge is 0.269 e. The molecule has 2 amide bonds. The molecule has 0 aliphatic carbocycles. The molecule has 3 rings (SSSR count). The SMILES string of the molecule is CC(Sc1cccc(NC(=O)c2ccc([N+](=O)[O-])cc2)c1)C(=O)Nc1ccc(Cl)c(Cl)c1. The Morgan fingerprint density at radius 3 is 2.28 bits per heavy atom. The van der Waals surface area contributed by atoms with Gasteiger partial charge in [0.15, 0.2) is 0 Å². The van der Waals surface area contributed by atoms with Crippen LogP contribution in [0.15, 0.2) is 71.6 Å². The number of halogens is 2. The van der Waals surface area contributed by atoms with Crippen molar-refractivity contribution in [2.45, 2.75) is 17.1 Å². The number of hydrogen-bond donors (Lipinski definition) is 2. The fraction of sp³-hybridized carbons (Fsp3) is 0.0909. The minimum atomic E-state index is -0.527. The van der Waals surface area contributed by atoms with Gasteiger partial charge < -0.3 is 10.6 Å². The molecular weight excluding hydrogens is 473 g/mol. The van der Waals surface area contributed by atoms with E-state index in [2.05, 4.69) is 10.6 Å². The molecule has 0 bridgehead atoms. The molecule has 2 N–H and O–H groups in total. The molecule has 0 radical (unpaired) electrons. The van der Waals surface area contributed by atoms with Gasteiger partial charge in [0.05, 0.1) is 20.2 Å². The van der Waals surface area contributed by atoms with Crippen molar-refractivity contribution in [1.29, 1.82) is 0 Å². The summed E-state index contributed by atoms with van der Waals surface area (Å²) in [5.74, 6) is -0.610. The maximum absolute atomic E-state index is 12.5. The zero-order chi connectivity index (χ0) is 23.3. The summed E-state index contributed by atoms with van der Waals surface area (Å²) in [6.45, 7) is 1.76. The molecule has 7 nitrogen and oxygen atoms in total. The molecule has 0 fully saturated rings. The van der Waals surface area contributed by atoms with Crippen molar-refractivity contribution in [3.8, 4) is 0 Å². The summed E-state index contributed by atoms with van der Waals surface area (Å²) >= 11 is 13.2. The monoisotopic (exact) mass is 489 g/mol. The predicted octanol–water partition coefficient (Wildman–Crippen LogP) is 6.27. The second-order valence-corrected chi connectivity index (χ2v) is 8.89. The van der Waals surface area contributed by atoms with Gasteiger partial charge in [-0.25, -0.2) is 0 Å². The Hall–Kier alpha value is -3.07. The first-order valence-corrected chi connectivity index (χ1v) is 10.9. The van der Waals surface area contributed by atoms with Gasteiger partial charge in [-0.3, -0.25) is 19.7 Å². The molecule has 0 saturated carbocycles. The van der Waals surface area contributed by atoms with E-state index in [1.165, 1.54) is 36.0 Å². The highest BCUT2D eigenvalue weighted by molar-refractivity contribution is 8.00. The maximum Gasteiger partial charge on any atom is 0.269 e. The Bertz CT molecular complexity index is 1170. The number of hydrogen-bond acceptors (Lipinski definition) is 5. The van der Waals surface area contributed by atoms with Gasteiger partial charge in [0.25, 0.3) is 11.6 Å². The highest BCUT2D eigenvalue weighted by atomic mass is 35.5. The van der Waals surface area contributed by atoms with E-state index in [1.807, 2.05) is 6.07 Å². The number of nitrogens with one attached hydrogen (secondary N) is 2. The quantitative estimate of drug-likeness (QED) is 0.231. The third-order valence-electron chi connectivity index (χ3n) is 4.30. The summed E-state index contributed by atoms with van der Waals surface area (Å²) in [7, 11) is 0. The molecule has 32 heavy (non-hydrogen) atoms. The van der Waals surface area contributed by atoms with E-state index in [0.717, 1.165) is 4.90 Å². The lowest BCUT2D eigenvalue weighted by atomic mass is 10.2. The summed E-state index contributed by atoms with van der Waals surface area (Å²) in [5.41, 5.74) is 1.28. The van der Waals surface area contributed by atoms with E-state index >= 15 is 0 Å². The molecular formula is C22H17Cl2N3O4S. The predicted molar refractivity (Wildman–Crippen MR) is 128 cm³/mol. The van der Waals surface area contributed by atoms with Crippen molar-refractivity contribution < 1.29 is 14.5 Å². The topological polar surface area (TPSA) is 101 Å². The lowest BCUT2D eigenvalue weighted by molar-refractivity contribution is -0.384. The van der Waals surface area contributed by atoms with E-state index in [1.54, 1.807) is 43.3 Å². The number of amides is 2. The number of nitro groups is 1. The molecule has 0 aromatic heterocycles. The number of nitrogens with zero attached hydrogens (tertiary/aromatic N) is 1. The molecule has 10 heteroatoms. The number of carbonyl (C=O) groups is 2. The van der Waals surface area contributed by atoms with Crippen LogP contribution in [0, 0.1) is 10.1 Å². The zero-order valence-electron chi connectivity index (χ0n) is 16.7. The van der Waals surface area contributed by atoms with E-state index in [0.29, 0.717) is 27.0 Å². The van der Waals surface area contributed by atoms with Gasteiger partial charge in [-0.1, -0.05) is 29.3 Å². The average Bonchev–Trinajstić information content (AvgIpc) is 2.76.